The van der Waals surface area contributed by atoms with Gasteiger partial charge in [0, 0.05) is 32.2 Å². The summed E-state index contributed by atoms with van der Waals surface area (Å²) in [6, 6.07) is 2.40. The molecule has 2 aromatic heterocycles. The molecule has 3 heterocycles. The third-order valence-corrected chi connectivity index (χ3v) is 7.61. The summed E-state index contributed by atoms with van der Waals surface area (Å²) in [5.74, 6) is -0.754. The quantitative estimate of drug-likeness (QED) is 0.605. The highest BCUT2D eigenvalue weighted by molar-refractivity contribution is 7.89. The zero-order valence-electron chi connectivity index (χ0n) is 17.6. The van der Waals surface area contributed by atoms with Crippen LogP contribution in [0.5, 0.6) is 0 Å². The van der Waals surface area contributed by atoms with Gasteiger partial charge in [0.2, 0.25) is 10.0 Å². The average molecular weight is 447 g/mol. The van der Waals surface area contributed by atoms with E-state index in [4.69, 9.17) is 4.52 Å². The maximum absolute atomic E-state index is 14.2. The molecule has 0 saturated carbocycles. The summed E-state index contributed by atoms with van der Waals surface area (Å²) in [6.07, 6.45) is 0. The van der Waals surface area contributed by atoms with Crippen LogP contribution in [0, 0.1) is 33.5 Å². The number of carbonyl (C=O) groups is 1. The lowest BCUT2D eigenvalue weighted by molar-refractivity contribution is 0.0699. The predicted molar refractivity (Wildman–Crippen MR) is 110 cm³/mol. The van der Waals surface area contributed by atoms with Crippen LogP contribution in [0.4, 0.5) is 4.39 Å². The number of sulfonamides is 1. The molecule has 164 valence electrons. The molecule has 0 radical (unpaired) electrons. The van der Waals surface area contributed by atoms with Gasteiger partial charge in [-0.2, -0.15) is 4.31 Å². The molecule has 0 atom stereocenters. The number of hydrogen-bond donors (Lipinski definition) is 0. The van der Waals surface area contributed by atoms with Crippen LogP contribution in [-0.4, -0.2) is 64.8 Å². The first-order valence-electron chi connectivity index (χ1n) is 9.76. The molecule has 11 heteroatoms. The van der Waals surface area contributed by atoms with E-state index in [2.05, 4.69) is 15.1 Å². The summed E-state index contributed by atoms with van der Waals surface area (Å²) in [5, 5.41) is 3.72. The van der Waals surface area contributed by atoms with Gasteiger partial charge in [0.15, 0.2) is 5.76 Å². The van der Waals surface area contributed by atoms with Crippen molar-refractivity contribution < 1.29 is 22.1 Å². The number of amides is 1. The summed E-state index contributed by atoms with van der Waals surface area (Å²) in [6.45, 7) is 7.21. The Hall–Kier alpha value is -2.92. The number of aryl methyl sites for hydroxylation is 4. The zero-order valence-corrected chi connectivity index (χ0v) is 18.5. The molecule has 4 rings (SSSR count). The van der Waals surface area contributed by atoms with Gasteiger partial charge in [0.05, 0.1) is 22.5 Å². The van der Waals surface area contributed by atoms with Crippen molar-refractivity contribution in [2.45, 2.75) is 32.6 Å². The maximum atomic E-state index is 14.2. The lowest BCUT2D eigenvalue weighted by Gasteiger charge is -2.34. The van der Waals surface area contributed by atoms with Gasteiger partial charge in [-0.1, -0.05) is 5.16 Å². The van der Waals surface area contributed by atoms with Crippen molar-refractivity contribution in [2.24, 2.45) is 0 Å². The number of nitrogens with zero attached hydrogens (tertiary/aromatic N) is 5. The zero-order chi connectivity index (χ0) is 22.5. The summed E-state index contributed by atoms with van der Waals surface area (Å²) in [7, 11) is -3.79. The predicted octanol–water partition coefficient (Wildman–Crippen LogP) is 2.14. The van der Waals surface area contributed by atoms with Crippen LogP contribution in [0.3, 0.4) is 0 Å². The van der Waals surface area contributed by atoms with Crippen molar-refractivity contribution in [1.82, 2.24) is 24.3 Å². The standard InChI is InChI=1S/C20H22FN5O4S/c1-11-12(2)23-18-16(9-15(21)10-17(18)22-11)20(27)25-5-7-26(8-6-25)31(28,29)19-13(3)24-30-14(19)4/h9-10H,5-8H2,1-4H3. The Morgan fingerprint density at radius 2 is 1.65 bits per heavy atom. The van der Waals surface area contributed by atoms with E-state index in [1.54, 1.807) is 27.7 Å². The smallest absolute Gasteiger partial charge is 0.256 e. The molecule has 0 aliphatic carbocycles. The van der Waals surface area contributed by atoms with Crippen LogP contribution in [0.2, 0.25) is 0 Å². The molecule has 0 spiro atoms. The highest BCUT2D eigenvalue weighted by atomic mass is 32.2. The van der Waals surface area contributed by atoms with Gasteiger partial charge in [-0.15, -0.1) is 0 Å². The molecule has 3 aromatic rings. The molecule has 1 amide bonds. The minimum atomic E-state index is -3.79. The summed E-state index contributed by atoms with van der Waals surface area (Å²) < 4.78 is 46.4. The Bertz CT molecular complexity index is 1280. The van der Waals surface area contributed by atoms with Gasteiger partial charge in [-0.25, -0.2) is 22.8 Å². The molecular formula is C20H22FN5O4S. The Labute approximate surface area is 178 Å². The minimum absolute atomic E-state index is 0.0597. The summed E-state index contributed by atoms with van der Waals surface area (Å²) >= 11 is 0. The van der Waals surface area contributed by atoms with Crippen LogP contribution >= 0.6 is 0 Å². The van der Waals surface area contributed by atoms with E-state index in [-0.39, 0.29) is 42.4 Å². The van der Waals surface area contributed by atoms with Gasteiger partial charge in [-0.3, -0.25) is 4.79 Å². The number of halogens is 1. The van der Waals surface area contributed by atoms with E-state index in [9.17, 15) is 17.6 Å². The molecule has 9 nitrogen and oxygen atoms in total. The Kier molecular flexibility index (Phi) is 5.26. The molecule has 1 aromatic carbocycles. The van der Waals surface area contributed by atoms with Crippen LogP contribution in [-0.2, 0) is 10.0 Å². The highest BCUT2D eigenvalue weighted by Gasteiger charge is 2.34. The lowest BCUT2D eigenvalue weighted by Crippen LogP contribution is -2.50. The average Bonchev–Trinajstić information content (AvgIpc) is 3.07. The molecule has 0 unspecified atom stereocenters. The number of carbonyl (C=O) groups excluding carboxylic acids is 1. The first-order chi connectivity index (χ1) is 14.6. The number of benzene rings is 1. The molecule has 0 N–H and O–H groups in total. The second-order valence-corrected chi connectivity index (χ2v) is 9.44. The number of piperazine rings is 1. The Morgan fingerprint density at radius 1 is 1.00 bits per heavy atom. The third-order valence-electron chi connectivity index (χ3n) is 5.47. The topological polar surface area (TPSA) is 110 Å². The van der Waals surface area contributed by atoms with E-state index < -0.39 is 21.7 Å². The number of fused-ring (bicyclic) bond motifs is 1. The molecule has 1 aliphatic rings. The lowest BCUT2D eigenvalue weighted by atomic mass is 10.1. The van der Waals surface area contributed by atoms with Gasteiger partial charge >= 0.3 is 0 Å². The van der Waals surface area contributed by atoms with Crippen molar-refractivity contribution in [2.75, 3.05) is 26.2 Å². The monoisotopic (exact) mass is 447 g/mol. The molecule has 0 bridgehead atoms. The second kappa shape index (κ2) is 7.65. The maximum Gasteiger partial charge on any atom is 0.256 e. The SMILES string of the molecule is Cc1nc2cc(F)cc(C(=O)N3CCN(S(=O)(=O)c4c(C)noc4C)CC3)c2nc1C. The van der Waals surface area contributed by atoms with Gasteiger partial charge < -0.3 is 9.42 Å². The molecule has 1 saturated heterocycles. The van der Waals surface area contributed by atoms with E-state index in [0.29, 0.717) is 28.1 Å². The van der Waals surface area contributed by atoms with E-state index in [0.717, 1.165) is 6.07 Å². The number of rotatable bonds is 3. The minimum Gasteiger partial charge on any atom is -0.360 e. The van der Waals surface area contributed by atoms with E-state index in [1.807, 2.05) is 0 Å². The normalized spacial score (nSPS) is 15.6. The first kappa shape index (κ1) is 21.3. The van der Waals surface area contributed by atoms with Gasteiger partial charge in [0.25, 0.3) is 5.91 Å². The Morgan fingerprint density at radius 3 is 2.26 bits per heavy atom. The number of hydrogen-bond acceptors (Lipinski definition) is 7. The molecular weight excluding hydrogens is 425 g/mol. The van der Waals surface area contributed by atoms with Crippen molar-refractivity contribution in [3.63, 3.8) is 0 Å². The van der Waals surface area contributed by atoms with Crippen molar-refractivity contribution >= 4 is 27.0 Å². The fourth-order valence-electron chi connectivity index (χ4n) is 3.73. The highest BCUT2D eigenvalue weighted by Crippen LogP contribution is 2.25. The van der Waals surface area contributed by atoms with Crippen molar-refractivity contribution in [3.05, 3.63) is 46.4 Å². The molecule has 1 aliphatic heterocycles. The van der Waals surface area contributed by atoms with E-state index in [1.165, 1.54) is 15.3 Å². The molecule has 31 heavy (non-hydrogen) atoms. The van der Waals surface area contributed by atoms with Gasteiger partial charge in [-0.05, 0) is 33.8 Å². The van der Waals surface area contributed by atoms with Gasteiger partial charge in [0.1, 0.15) is 21.9 Å². The molecule has 1 fully saturated rings. The van der Waals surface area contributed by atoms with Crippen LogP contribution in [0.25, 0.3) is 11.0 Å². The number of aromatic nitrogens is 3. The fourth-order valence-corrected chi connectivity index (χ4v) is 5.45. The summed E-state index contributed by atoms with van der Waals surface area (Å²) in [5.41, 5.74) is 2.38. The van der Waals surface area contributed by atoms with Crippen LogP contribution in [0.15, 0.2) is 21.6 Å². The second-order valence-electron chi connectivity index (χ2n) is 7.57. The van der Waals surface area contributed by atoms with Crippen LogP contribution < -0.4 is 0 Å². The van der Waals surface area contributed by atoms with E-state index >= 15 is 0 Å². The van der Waals surface area contributed by atoms with Crippen molar-refractivity contribution in [3.8, 4) is 0 Å². The first-order valence-corrected chi connectivity index (χ1v) is 11.2. The fraction of sp³-hybridized carbons (Fsp3) is 0.400. The third kappa shape index (κ3) is 3.68. The van der Waals surface area contributed by atoms with Crippen molar-refractivity contribution in [1.29, 1.82) is 0 Å². The summed E-state index contributed by atoms with van der Waals surface area (Å²) in [4.78, 5) is 23.5. The largest absolute Gasteiger partial charge is 0.360 e. The van der Waals surface area contributed by atoms with Crippen LogP contribution in [0.1, 0.15) is 33.2 Å². The Balaban J connectivity index is 1.59.